The molecule has 0 bridgehead atoms. The van der Waals surface area contributed by atoms with Crippen molar-refractivity contribution >= 4 is 49.6 Å². The van der Waals surface area contributed by atoms with Crippen LogP contribution in [0.3, 0.4) is 0 Å². The lowest BCUT2D eigenvalue weighted by molar-refractivity contribution is 0.0600. The molecule has 5 aromatic rings. The van der Waals surface area contributed by atoms with Crippen molar-refractivity contribution in [2.75, 3.05) is 7.11 Å². The number of nitrogens with zero attached hydrogens (tertiary/aromatic N) is 3. The molecule has 2 aromatic heterocycles. The summed E-state index contributed by atoms with van der Waals surface area (Å²) in [6, 6.07) is 17.3. The minimum atomic E-state index is -0.610. The number of hydrogen-bond donors (Lipinski definition) is 0. The summed E-state index contributed by atoms with van der Waals surface area (Å²) in [6.07, 6.45) is 1.68. The van der Waals surface area contributed by atoms with Crippen LogP contribution in [-0.4, -0.2) is 33.3 Å². The van der Waals surface area contributed by atoms with Gasteiger partial charge in [0.25, 0.3) is 5.91 Å². The normalized spacial score (nSPS) is 11.8. The number of carbonyl (C=O) groups excluding carboxylic acids is 2. The third kappa shape index (κ3) is 3.91. The number of halogens is 2. The van der Waals surface area contributed by atoms with Gasteiger partial charge in [-0.2, -0.15) is 9.78 Å². The van der Waals surface area contributed by atoms with Gasteiger partial charge in [0.1, 0.15) is 5.82 Å². The van der Waals surface area contributed by atoms with Crippen LogP contribution in [0.5, 0.6) is 0 Å². The molecule has 0 fully saturated rings. The Morgan fingerprint density at radius 3 is 2.25 bits per heavy atom. The number of fused-ring (bicyclic) bond motifs is 2. The SMILES string of the molecule is COC(=O)c1ccc(-c2c(Br)n(-c3ccc(F)cc3)c3cc4cnn(C(=O)C(C)(C)C)c4cc23)cc1. The van der Waals surface area contributed by atoms with Crippen molar-refractivity contribution in [1.29, 1.82) is 0 Å². The van der Waals surface area contributed by atoms with E-state index in [9.17, 15) is 14.0 Å². The maximum Gasteiger partial charge on any atom is 0.337 e. The molecule has 0 aliphatic carbocycles. The molecule has 0 saturated heterocycles. The van der Waals surface area contributed by atoms with Gasteiger partial charge in [-0.3, -0.25) is 4.79 Å². The minimum Gasteiger partial charge on any atom is -0.465 e. The summed E-state index contributed by atoms with van der Waals surface area (Å²) >= 11 is 3.78. The lowest BCUT2D eigenvalue weighted by atomic mass is 9.95. The van der Waals surface area contributed by atoms with Gasteiger partial charge in [-0.25, -0.2) is 9.18 Å². The zero-order valence-electron chi connectivity index (χ0n) is 20.2. The van der Waals surface area contributed by atoms with E-state index in [0.29, 0.717) is 11.1 Å². The molecule has 36 heavy (non-hydrogen) atoms. The predicted molar refractivity (Wildman–Crippen MR) is 141 cm³/mol. The average molecular weight is 548 g/mol. The molecular formula is C28H23BrFN3O3. The largest absolute Gasteiger partial charge is 0.465 e. The number of aromatic nitrogens is 3. The Labute approximate surface area is 215 Å². The lowest BCUT2D eigenvalue weighted by Crippen LogP contribution is -2.27. The Morgan fingerprint density at radius 1 is 0.972 bits per heavy atom. The van der Waals surface area contributed by atoms with Crippen LogP contribution in [0.1, 0.15) is 35.9 Å². The molecule has 0 N–H and O–H groups in total. The zero-order chi connectivity index (χ0) is 25.8. The van der Waals surface area contributed by atoms with Crippen LogP contribution in [0.2, 0.25) is 0 Å². The van der Waals surface area contributed by atoms with E-state index < -0.39 is 11.4 Å². The van der Waals surface area contributed by atoms with Crippen molar-refractivity contribution in [3.8, 4) is 16.8 Å². The summed E-state index contributed by atoms with van der Waals surface area (Å²) in [6.45, 7) is 5.58. The maximum atomic E-state index is 13.7. The van der Waals surface area contributed by atoms with E-state index in [1.54, 1.807) is 30.5 Å². The second-order valence-corrected chi connectivity index (χ2v) is 10.3. The van der Waals surface area contributed by atoms with E-state index in [1.807, 2.05) is 49.6 Å². The molecule has 0 aliphatic rings. The van der Waals surface area contributed by atoms with Crippen LogP contribution < -0.4 is 0 Å². The summed E-state index contributed by atoms with van der Waals surface area (Å²) in [5, 5.41) is 6.06. The Hall–Kier alpha value is -3.78. The number of methoxy groups -OCH3 is 1. The van der Waals surface area contributed by atoms with Gasteiger partial charge in [-0.1, -0.05) is 32.9 Å². The smallest absolute Gasteiger partial charge is 0.337 e. The number of hydrogen-bond acceptors (Lipinski definition) is 4. The maximum absolute atomic E-state index is 13.7. The molecule has 0 atom stereocenters. The van der Waals surface area contributed by atoms with Crippen LogP contribution >= 0.6 is 15.9 Å². The quantitative estimate of drug-likeness (QED) is 0.227. The highest BCUT2D eigenvalue weighted by atomic mass is 79.9. The molecule has 5 rings (SSSR count). The summed E-state index contributed by atoms with van der Waals surface area (Å²) in [5.41, 5.74) is 3.87. The van der Waals surface area contributed by atoms with Crippen molar-refractivity contribution in [3.05, 3.63) is 82.8 Å². The van der Waals surface area contributed by atoms with Gasteiger partial charge in [0.2, 0.25) is 0 Å². The third-order valence-corrected chi connectivity index (χ3v) is 6.86. The summed E-state index contributed by atoms with van der Waals surface area (Å²) < 4.78 is 22.7. The second-order valence-electron chi connectivity index (χ2n) is 9.59. The number of ether oxygens (including phenoxy) is 1. The summed E-state index contributed by atoms with van der Waals surface area (Å²) in [7, 11) is 1.34. The minimum absolute atomic E-state index is 0.113. The fraction of sp³-hybridized carbons (Fsp3) is 0.179. The van der Waals surface area contributed by atoms with E-state index in [-0.39, 0.29) is 11.7 Å². The van der Waals surface area contributed by atoms with E-state index in [0.717, 1.165) is 37.7 Å². The van der Waals surface area contributed by atoms with Crippen molar-refractivity contribution in [1.82, 2.24) is 14.3 Å². The first-order valence-electron chi connectivity index (χ1n) is 11.3. The number of esters is 1. The van der Waals surface area contributed by atoms with Crippen LogP contribution in [-0.2, 0) is 4.74 Å². The Bertz CT molecular complexity index is 1640. The van der Waals surface area contributed by atoms with E-state index in [4.69, 9.17) is 4.74 Å². The van der Waals surface area contributed by atoms with Crippen LogP contribution in [0.4, 0.5) is 4.39 Å². The van der Waals surface area contributed by atoms with E-state index >= 15 is 0 Å². The average Bonchev–Trinajstić information content (AvgIpc) is 3.39. The molecule has 3 aromatic carbocycles. The van der Waals surface area contributed by atoms with Gasteiger partial charge in [0.05, 0.1) is 34.5 Å². The Morgan fingerprint density at radius 2 is 1.64 bits per heavy atom. The van der Waals surface area contributed by atoms with Gasteiger partial charge in [-0.15, -0.1) is 0 Å². The fourth-order valence-corrected chi connectivity index (χ4v) is 5.10. The first kappa shape index (κ1) is 23.9. The Balaban J connectivity index is 1.82. The van der Waals surface area contributed by atoms with Gasteiger partial charge in [0, 0.05) is 27.4 Å². The number of benzene rings is 3. The van der Waals surface area contributed by atoms with E-state index in [2.05, 4.69) is 21.0 Å². The highest BCUT2D eigenvalue weighted by Gasteiger charge is 2.27. The molecule has 0 aliphatic heterocycles. The topological polar surface area (TPSA) is 66.1 Å². The fourth-order valence-electron chi connectivity index (χ4n) is 4.26. The Kier molecular flexibility index (Phi) is 5.79. The standard InChI is InChI=1S/C28H23BrFN3O3/c1-28(2,3)27(35)33-22-14-21-23(13-18(22)15-31-33)32(20-11-9-19(30)10-12-20)25(29)24(21)16-5-7-17(8-6-16)26(34)36-4/h5-15H,1-4H3. The number of carbonyl (C=O) groups is 2. The molecule has 0 radical (unpaired) electrons. The van der Waals surface area contributed by atoms with Gasteiger partial charge >= 0.3 is 5.97 Å². The first-order chi connectivity index (χ1) is 17.1. The molecule has 8 heteroatoms. The highest BCUT2D eigenvalue weighted by molar-refractivity contribution is 9.10. The molecule has 6 nitrogen and oxygen atoms in total. The summed E-state index contributed by atoms with van der Waals surface area (Å²) in [5.74, 6) is -0.854. The zero-order valence-corrected chi connectivity index (χ0v) is 21.8. The molecule has 0 spiro atoms. The highest BCUT2D eigenvalue weighted by Crippen LogP contribution is 2.42. The molecule has 2 heterocycles. The second kappa shape index (κ2) is 8.71. The molecule has 0 amide bonds. The first-order valence-corrected chi connectivity index (χ1v) is 12.1. The lowest BCUT2D eigenvalue weighted by Gasteiger charge is -2.16. The molecule has 0 unspecified atom stereocenters. The third-order valence-electron chi connectivity index (χ3n) is 6.11. The van der Waals surface area contributed by atoms with Crippen molar-refractivity contribution in [2.45, 2.75) is 20.8 Å². The van der Waals surface area contributed by atoms with Gasteiger partial charge in [-0.05, 0) is 70.0 Å². The monoisotopic (exact) mass is 547 g/mol. The van der Waals surface area contributed by atoms with Gasteiger partial charge < -0.3 is 9.30 Å². The van der Waals surface area contributed by atoms with Crippen molar-refractivity contribution in [2.24, 2.45) is 5.41 Å². The van der Waals surface area contributed by atoms with Crippen LogP contribution in [0.15, 0.2) is 71.5 Å². The molecular weight excluding hydrogens is 525 g/mol. The van der Waals surface area contributed by atoms with Crippen LogP contribution in [0.25, 0.3) is 38.6 Å². The molecule has 182 valence electrons. The predicted octanol–water partition coefficient (Wildman–Crippen LogP) is 7.02. The van der Waals surface area contributed by atoms with Crippen molar-refractivity contribution < 1.29 is 18.7 Å². The van der Waals surface area contributed by atoms with E-state index in [1.165, 1.54) is 23.9 Å². The van der Waals surface area contributed by atoms with Crippen LogP contribution in [0, 0.1) is 11.2 Å². The number of rotatable bonds is 3. The van der Waals surface area contributed by atoms with Crippen molar-refractivity contribution in [3.63, 3.8) is 0 Å². The molecule has 0 saturated carbocycles. The van der Waals surface area contributed by atoms with Gasteiger partial charge in [0.15, 0.2) is 0 Å². The summed E-state index contributed by atoms with van der Waals surface area (Å²) in [4.78, 5) is 25.0.